The van der Waals surface area contributed by atoms with Gasteiger partial charge < -0.3 is 4.57 Å². The van der Waals surface area contributed by atoms with Crippen molar-refractivity contribution < 1.29 is 4.79 Å². The van der Waals surface area contributed by atoms with Crippen LogP contribution in [0, 0.1) is 0 Å². The molecule has 3 rings (SSSR count). The number of aldehydes is 1. The average molecular weight is 236 g/mol. The van der Waals surface area contributed by atoms with Crippen molar-refractivity contribution in [3.8, 4) is 0 Å². The Kier molecular flexibility index (Phi) is 2.65. The first kappa shape index (κ1) is 10.7. The molecule has 18 heavy (non-hydrogen) atoms. The molecule has 0 fully saturated rings. The number of nitrogens with zero attached hydrogens (tertiary/aromatic N) is 2. The van der Waals surface area contributed by atoms with Gasteiger partial charge in [0, 0.05) is 36.1 Å². The molecule has 2 heterocycles. The van der Waals surface area contributed by atoms with Gasteiger partial charge in [0.1, 0.15) is 0 Å². The number of benzene rings is 1. The predicted octanol–water partition coefficient (Wildman–Crippen LogP) is 2.90. The largest absolute Gasteiger partial charge is 0.342 e. The number of aromatic nitrogens is 2. The Bertz CT molecular complexity index is 686. The molecule has 0 amide bonds. The van der Waals surface area contributed by atoms with Crippen molar-refractivity contribution >= 4 is 17.2 Å². The number of hydrogen-bond acceptors (Lipinski definition) is 2. The third-order valence-corrected chi connectivity index (χ3v) is 3.05. The van der Waals surface area contributed by atoms with Gasteiger partial charge in [0.05, 0.1) is 5.52 Å². The lowest BCUT2D eigenvalue weighted by Gasteiger charge is -2.06. The molecule has 0 spiro atoms. The fourth-order valence-corrected chi connectivity index (χ4v) is 2.20. The van der Waals surface area contributed by atoms with Crippen LogP contribution in [0.4, 0.5) is 0 Å². The van der Waals surface area contributed by atoms with Crippen molar-refractivity contribution in [2.24, 2.45) is 0 Å². The highest BCUT2D eigenvalue weighted by atomic mass is 16.1. The van der Waals surface area contributed by atoms with Crippen molar-refractivity contribution in [3.63, 3.8) is 0 Å². The molecule has 3 nitrogen and oxygen atoms in total. The van der Waals surface area contributed by atoms with E-state index >= 15 is 0 Å². The van der Waals surface area contributed by atoms with E-state index in [-0.39, 0.29) is 0 Å². The number of carbonyl (C=O) groups is 1. The minimum Gasteiger partial charge on any atom is -0.342 e. The first-order chi connectivity index (χ1) is 8.88. The number of para-hydroxylation sites is 1. The summed E-state index contributed by atoms with van der Waals surface area (Å²) in [5.74, 6) is 0. The maximum absolute atomic E-state index is 11.1. The molecule has 1 aromatic carbocycles. The second kappa shape index (κ2) is 4.45. The highest BCUT2D eigenvalue weighted by Crippen LogP contribution is 2.20. The zero-order chi connectivity index (χ0) is 12.4. The van der Waals surface area contributed by atoms with Crippen molar-refractivity contribution in [1.82, 2.24) is 9.55 Å². The van der Waals surface area contributed by atoms with Crippen LogP contribution in [0.3, 0.4) is 0 Å². The van der Waals surface area contributed by atoms with E-state index < -0.39 is 0 Å². The lowest BCUT2D eigenvalue weighted by Crippen LogP contribution is -1.99. The Morgan fingerprint density at radius 2 is 1.94 bits per heavy atom. The van der Waals surface area contributed by atoms with Gasteiger partial charge in [0.2, 0.25) is 0 Å². The summed E-state index contributed by atoms with van der Waals surface area (Å²) >= 11 is 0. The van der Waals surface area contributed by atoms with Crippen LogP contribution in [0.25, 0.3) is 10.9 Å². The molecular weight excluding hydrogens is 224 g/mol. The van der Waals surface area contributed by atoms with E-state index in [0.29, 0.717) is 0 Å². The smallest absolute Gasteiger partial charge is 0.152 e. The van der Waals surface area contributed by atoms with E-state index in [1.54, 1.807) is 12.4 Å². The molecule has 88 valence electrons. The first-order valence-corrected chi connectivity index (χ1v) is 5.80. The van der Waals surface area contributed by atoms with E-state index in [4.69, 9.17) is 0 Å². The average Bonchev–Trinajstić information content (AvgIpc) is 2.83. The number of rotatable bonds is 3. The molecule has 3 aromatic rings. The third kappa shape index (κ3) is 1.80. The van der Waals surface area contributed by atoms with Crippen molar-refractivity contribution in [3.05, 3.63) is 66.1 Å². The molecule has 0 atom stereocenters. The zero-order valence-corrected chi connectivity index (χ0v) is 9.78. The second-order valence-electron chi connectivity index (χ2n) is 4.20. The van der Waals surface area contributed by atoms with Gasteiger partial charge in [-0.3, -0.25) is 9.78 Å². The highest BCUT2D eigenvalue weighted by Gasteiger charge is 2.06. The van der Waals surface area contributed by atoms with E-state index in [2.05, 4.69) is 9.55 Å². The van der Waals surface area contributed by atoms with E-state index in [1.807, 2.05) is 42.6 Å². The van der Waals surface area contributed by atoms with Crippen LogP contribution in [-0.4, -0.2) is 15.8 Å². The molecule has 0 aliphatic rings. The van der Waals surface area contributed by atoms with Gasteiger partial charge in [0.15, 0.2) is 6.29 Å². The molecule has 0 saturated carbocycles. The Morgan fingerprint density at radius 3 is 2.72 bits per heavy atom. The normalized spacial score (nSPS) is 10.7. The van der Waals surface area contributed by atoms with Crippen LogP contribution in [-0.2, 0) is 6.54 Å². The van der Waals surface area contributed by atoms with Gasteiger partial charge in [-0.25, -0.2) is 0 Å². The Labute approximate surface area is 105 Å². The number of fused-ring (bicyclic) bond motifs is 1. The van der Waals surface area contributed by atoms with Gasteiger partial charge >= 0.3 is 0 Å². The summed E-state index contributed by atoms with van der Waals surface area (Å²) in [5, 5.41) is 1.09. The summed E-state index contributed by atoms with van der Waals surface area (Å²) in [5.41, 5.74) is 2.89. The van der Waals surface area contributed by atoms with Crippen LogP contribution in [0.2, 0.25) is 0 Å². The number of carbonyl (C=O) groups excluding carboxylic acids is 1. The minimum atomic E-state index is 0.728. The summed E-state index contributed by atoms with van der Waals surface area (Å²) in [4.78, 5) is 15.1. The lowest BCUT2D eigenvalue weighted by molar-refractivity contribution is 0.112. The van der Waals surface area contributed by atoms with Crippen LogP contribution >= 0.6 is 0 Å². The SMILES string of the molecule is O=Cc1cccc2ccn(Cc3ccncc3)c12. The lowest BCUT2D eigenvalue weighted by atomic mass is 10.1. The summed E-state index contributed by atoms with van der Waals surface area (Å²) in [6, 6.07) is 11.8. The fourth-order valence-electron chi connectivity index (χ4n) is 2.20. The summed E-state index contributed by atoms with van der Waals surface area (Å²) in [6.07, 6.45) is 6.48. The molecule has 3 heteroatoms. The predicted molar refractivity (Wildman–Crippen MR) is 70.7 cm³/mol. The summed E-state index contributed by atoms with van der Waals surface area (Å²) in [6.45, 7) is 0.747. The first-order valence-electron chi connectivity index (χ1n) is 5.80. The van der Waals surface area contributed by atoms with Crippen molar-refractivity contribution in [2.75, 3.05) is 0 Å². The Balaban J connectivity index is 2.10. The van der Waals surface area contributed by atoms with Crippen molar-refractivity contribution in [2.45, 2.75) is 6.54 Å². The van der Waals surface area contributed by atoms with Crippen molar-refractivity contribution in [1.29, 1.82) is 0 Å². The van der Waals surface area contributed by atoms with Crippen LogP contribution in [0.1, 0.15) is 15.9 Å². The Hall–Kier alpha value is -2.42. The number of hydrogen-bond donors (Lipinski definition) is 0. The monoisotopic (exact) mass is 236 g/mol. The van der Waals surface area contributed by atoms with E-state index in [1.165, 1.54) is 5.56 Å². The van der Waals surface area contributed by atoms with Gasteiger partial charge in [-0.05, 0) is 29.8 Å². The minimum absolute atomic E-state index is 0.728. The molecule has 0 aliphatic carbocycles. The zero-order valence-electron chi connectivity index (χ0n) is 9.78. The van der Waals surface area contributed by atoms with Gasteiger partial charge in [-0.1, -0.05) is 12.1 Å². The standard InChI is InChI=1S/C15H12N2O/c18-11-14-3-1-2-13-6-9-17(15(13)14)10-12-4-7-16-8-5-12/h1-9,11H,10H2. The second-order valence-corrected chi connectivity index (χ2v) is 4.20. The molecule has 2 aromatic heterocycles. The Morgan fingerprint density at radius 1 is 1.11 bits per heavy atom. The maximum atomic E-state index is 11.1. The molecule has 0 radical (unpaired) electrons. The molecule has 0 saturated heterocycles. The fraction of sp³-hybridized carbons (Fsp3) is 0.0667. The van der Waals surface area contributed by atoms with E-state index in [0.717, 1.165) is 29.3 Å². The summed E-state index contributed by atoms with van der Waals surface area (Å²) < 4.78 is 2.09. The maximum Gasteiger partial charge on any atom is 0.152 e. The highest BCUT2D eigenvalue weighted by molar-refractivity contribution is 5.96. The van der Waals surface area contributed by atoms with E-state index in [9.17, 15) is 4.79 Å². The summed E-state index contributed by atoms with van der Waals surface area (Å²) in [7, 11) is 0. The quantitative estimate of drug-likeness (QED) is 0.655. The molecule has 0 aliphatic heterocycles. The molecule has 0 bridgehead atoms. The molecular formula is C15H12N2O. The van der Waals surface area contributed by atoms with Gasteiger partial charge in [-0.15, -0.1) is 0 Å². The topological polar surface area (TPSA) is 34.9 Å². The molecule has 0 unspecified atom stereocenters. The van der Waals surface area contributed by atoms with Crippen LogP contribution < -0.4 is 0 Å². The van der Waals surface area contributed by atoms with Gasteiger partial charge in [-0.2, -0.15) is 0 Å². The van der Waals surface area contributed by atoms with Gasteiger partial charge in [0.25, 0.3) is 0 Å². The van der Waals surface area contributed by atoms with Crippen LogP contribution in [0.15, 0.2) is 55.0 Å². The third-order valence-electron chi connectivity index (χ3n) is 3.05. The number of pyridine rings is 1. The van der Waals surface area contributed by atoms with Crippen LogP contribution in [0.5, 0.6) is 0 Å². The molecule has 0 N–H and O–H groups in total.